The van der Waals surface area contributed by atoms with Gasteiger partial charge in [0.2, 0.25) is 5.95 Å². The van der Waals surface area contributed by atoms with Gasteiger partial charge >= 0.3 is 6.18 Å². The molecule has 4 heterocycles. The number of aromatic amines is 1. The largest absolute Gasteiger partial charge is 0.419 e. The molecule has 0 saturated heterocycles. The second-order valence-electron chi connectivity index (χ2n) is 9.68. The van der Waals surface area contributed by atoms with Crippen LogP contribution in [0, 0.1) is 19.7 Å². The average Bonchev–Trinajstić information content (AvgIpc) is 3.53. The molecule has 7 nitrogen and oxygen atoms in total. The average molecular weight is 537 g/mol. The Labute approximate surface area is 220 Å². The van der Waals surface area contributed by atoms with Gasteiger partial charge in [0, 0.05) is 60.2 Å². The number of rotatable bonds is 4. The molecule has 1 aliphatic rings. The van der Waals surface area contributed by atoms with Gasteiger partial charge in [0.1, 0.15) is 5.82 Å². The third-order valence-electron chi connectivity index (χ3n) is 7.22. The van der Waals surface area contributed by atoms with Gasteiger partial charge in [0.05, 0.1) is 34.8 Å². The van der Waals surface area contributed by atoms with Crippen LogP contribution in [-0.4, -0.2) is 36.4 Å². The second-order valence-corrected chi connectivity index (χ2v) is 9.68. The summed E-state index contributed by atoms with van der Waals surface area (Å²) in [7, 11) is 0. The van der Waals surface area contributed by atoms with E-state index in [9.17, 15) is 18.3 Å². The molecule has 6 rings (SSSR count). The molecule has 0 radical (unpaired) electrons. The Morgan fingerprint density at radius 1 is 1.08 bits per heavy atom. The molecule has 3 aromatic heterocycles. The molecule has 2 N–H and O–H groups in total. The van der Waals surface area contributed by atoms with Crippen molar-refractivity contribution in [1.29, 1.82) is 0 Å². The van der Waals surface area contributed by atoms with E-state index in [0.717, 1.165) is 40.5 Å². The highest BCUT2D eigenvalue weighted by atomic mass is 19.4. The fraction of sp³-hybridized carbons (Fsp3) is 0.250. The van der Waals surface area contributed by atoms with Crippen LogP contribution in [0.15, 0.2) is 48.9 Å². The summed E-state index contributed by atoms with van der Waals surface area (Å²) < 4.78 is 56.9. The number of anilines is 1. The van der Waals surface area contributed by atoms with E-state index < -0.39 is 17.6 Å². The molecule has 0 atom stereocenters. The minimum absolute atomic E-state index is 0.155. The van der Waals surface area contributed by atoms with Gasteiger partial charge in [-0.1, -0.05) is 18.2 Å². The van der Waals surface area contributed by atoms with Crippen molar-refractivity contribution >= 4 is 16.9 Å². The van der Waals surface area contributed by atoms with Crippen molar-refractivity contribution in [3.63, 3.8) is 0 Å². The predicted octanol–water partition coefficient (Wildman–Crippen LogP) is 5.64. The summed E-state index contributed by atoms with van der Waals surface area (Å²) in [5.74, 6) is -0.355. The first kappa shape index (κ1) is 25.1. The van der Waals surface area contributed by atoms with Crippen molar-refractivity contribution in [1.82, 2.24) is 24.7 Å². The highest BCUT2D eigenvalue weighted by molar-refractivity contribution is 5.97. The van der Waals surface area contributed by atoms with Gasteiger partial charge in [-0.25, -0.2) is 19.0 Å². The Hall–Kier alpha value is -4.25. The molecule has 0 unspecified atom stereocenters. The van der Waals surface area contributed by atoms with Crippen LogP contribution in [0.1, 0.15) is 33.5 Å². The minimum Gasteiger partial charge on any atom is -0.392 e. The lowest BCUT2D eigenvalue weighted by Crippen LogP contribution is -2.31. The van der Waals surface area contributed by atoms with Crippen LogP contribution < -0.4 is 4.90 Å². The van der Waals surface area contributed by atoms with Crippen LogP contribution in [0.2, 0.25) is 0 Å². The molecule has 0 amide bonds. The summed E-state index contributed by atoms with van der Waals surface area (Å²) in [4.78, 5) is 12.8. The first-order valence-corrected chi connectivity index (χ1v) is 12.4. The van der Waals surface area contributed by atoms with Gasteiger partial charge in [-0.3, -0.25) is 0 Å². The van der Waals surface area contributed by atoms with Crippen molar-refractivity contribution in [3.05, 3.63) is 88.3 Å². The first-order chi connectivity index (χ1) is 18.7. The Kier molecular flexibility index (Phi) is 5.91. The van der Waals surface area contributed by atoms with E-state index in [2.05, 4.69) is 15.0 Å². The third-order valence-corrected chi connectivity index (χ3v) is 7.22. The van der Waals surface area contributed by atoms with E-state index in [1.807, 2.05) is 32.0 Å². The molecule has 0 fully saturated rings. The molecule has 1 aliphatic heterocycles. The Morgan fingerprint density at radius 3 is 2.46 bits per heavy atom. The Morgan fingerprint density at radius 2 is 1.79 bits per heavy atom. The fourth-order valence-corrected chi connectivity index (χ4v) is 5.37. The normalized spacial score (nSPS) is 13.8. The molecule has 200 valence electrons. The standard InChI is InChI=1S/C28H24F4N6O/c1-15-4-3-5-16(2)25(15)38-26(23-19-6-8-33-24(19)17(14-39)10-21(23)29)20-13-37(9-7-22(20)36-38)27-34-11-18(12-35-27)28(30,31)32/h3-6,8,10-12,33,39H,7,9,13-14H2,1-2H3. The molecule has 2 aromatic carbocycles. The Balaban J connectivity index is 1.56. The lowest BCUT2D eigenvalue weighted by Gasteiger charge is -2.27. The van der Waals surface area contributed by atoms with E-state index in [4.69, 9.17) is 5.10 Å². The summed E-state index contributed by atoms with van der Waals surface area (Å²) in [6, 6.07) is 8.96. The van der Waals surface area contributed by atoms with E-state index in [1.54, 1.807) is 21.8 Å². The number of H-pyrrole nitrogens is 1. The number of nitrogens with one attached hydrogen (secondary N) is 1. The summed E-state index contributed by atoms with van der Waals surface area (Å²) >= 11 is 0. The van der Waals surface area contributed by atoms with Gasteiger partial charge in [-0.2, -0.15) is 18.3 Å². The van der Waals surface area contributed by atoms with Gasteiger partial charge in [-0.15, -0.1) is 0 Å². The van der Waals surface area contributed by atoms with Gasteiger partial charge in [0.25, 0.3) is 0 Å². The minimum atomic E-state index is -4.53. The second kappa shape index (κ2) is 9.19. The van der Waals surface area contributed by atoms with E-state index >= 15 is 4.39 Å². The summed E-state index contributed by atoms with van der Waals surface area (Å²) in [5, 5.41) is 15.4. The summed E-state index contributed by atoms with van der Waals surface area (Å²) in [6.07, 6.45) is -0.822. The molecule has 39 heavy (non-hydrogen) atoms. The highest BCUT2D eigenvalue weighted by Gasteiger charge is 2.33. The van der Waals surface area contributed by atoms with Gasteiger partial charge in [-0.05, 0) is 37.1 Å². The number of hydrogen-bond acceptors (Lipinski definition) is 5. The molecule has 0 bridgehead atoms. The van der Waals surface area contributed by atoms with Gasteiger partial charge < -0.3 is 15.0 Å². The number of aromatic nitrogens is 5. The molecular weight excluding hydrogens is 512 g/mol. The molecule has 5 aromatic rings. The highest BCUT2D eigenvalue weighted by Crippen LogP contribution is 2.40. The van der Waals surface area contributed by atoms with Crippen LogP contribution >= 0.6 is 0 Å². The quantitative estimate of drug-likeness (QED) is 0.291. The molecule has 0 aliphatic carbocycles. The lowest BCUT2D eigenvalue weighted by molar-refractivity contribution is -0.138. The van der Waals surface area contributed by atoms with Crippen molar-refractivity contribution < 1.29 is 22.7 Å². The number of aliphatic hydroxyl groups is 1. The number of alkyl halides is 3. The van der Waals surface area contributed by atoms with E-state index in [1.165, 1.54) is 6.07 Å². The number of aryl methyl sites for hydroxylation is 2. The fourth-order valence-electron chi connectivity index (χ4n) is 5.37. The zero-order valence-electron chi connectivity index (χ0n) is 21.1. The number of para-hydroxylation sites is 1. The zero-order valence-corrected chi connectivity index (χ0v) is 21.1. The van der Waals surface area contributed by atoms with Crippen molar-refractivity contribution in [2.24, 2.45) is 0 Å². The van der Waals surface area contributed by atoms with Crippen molar-refractivity contribution in [2.45, 2.75) is 39.6 Å². The van der Waals surface area contributed by atoms with E-state index in [0.29, 0.717) is 40.7 Å². The number of halogens is 4. The zero-order chi connectivity index (χ0) is 27.5. The van der Waals surface area contributed by atoms with Crippen LogP contribution in [0.3, 0.4) is 0 Å². The number of fused-ring (bicyclic) bond motifs is 2. The van der Waals surface area contributed by atoms with Crippen LogP contribution in [0.4, 0.5) is 23.5 Å². The van der Waals surface area contributed by atoms with Crippen LogP contribution in [-0.2, 0) is 25.7 Å². The molecular formula is C28H24F4N6O. The maximum atomic E-state index is 15.9. The SMILES string of the molecule is Cc1cccc(C)c1-n1nc2c(c1-c1c(F)cc(CO)c3[nH]ccc13)CN(c1ncc(C(F)(F)F)cn1)CC2. The van der Waals surface area contributed by atoms with Crippen molar-refractivity contribution in [2.75, 3.05) is 11.4 Å². The summed E-state index contributed by atoms with van der Waals surface area (Å²) in [5.41, 5.74) is 5.25. The predicted molar refractivity (Wildman–Crippen MR) is 138 cm³/mol. The maximum Gasteiger partial charge on any atom is 0.419 e. The maximum absolute atomic E-state index is 15.9. The smallest absolute Gasteiger partial charge is 0.392 e. The van der Waals surface area contributed by atoms with E-state index in [-0.39, 0.29) is 19.1 Å². The summed E-state index contributed by atoms with van der Waals surface area (Å²) in [6.45, 7) is 4.27. The molecule has 0 spiro atoms. The number of aliphatic hydroxyl groups excluding tert-OH is 1. The lowest BCUT2D eigenvalue weighted by atomic mass is 9.96. The monoisotopic (exact) mass is 536 g/mol. The van der Waals surface area contributed by atoms with Crippen LogP contribution in [0.5, 0.6) is 0 Å². The number of nitrogens with zero attached hydrogens (tertiary/aromatic N) is 5. The van der Waals surface area contributed by atoms with Crippen molar-refractivity contribution in [3.8, 4) is 16.9 Å². The topological polar surface area (TPSA) is 82.9 Å². The molecule has 11 heteroatoms. The van der Waals surface area contributed by atoms with Crippen LogP contribution in [0.25, 0.3) is 27.8 Å². The number of benzene rings is 2. The number of hydrogen-bond donors (Lipinski definition) is 2. The van der Waals surface area contributed by atoms with Gasteiger partial charge in [0.15, 0.2) is 0 Å². The molecule has 0 saturated carbocycles. The third kappa shape index (κ3) is 4.13. The first-order valence-electron chi connectivity index (χ1n) is 12.4. The Bertz CT molecular complexity index is 1680.